The molecule has 0 radical (unpaired) electrons. The fourth-order valence-electron chi connectivity index (χ4n) is 2.19. The fourth-order valence-corrected chi connectivity index (χ4v) is 2.83. The van der Waals surface area contributed by atoms with Crippen molar-refractivity contribution < 1.29 is 4.74 Å². The molecule has 0 bridgehead atoms. The molecule has 0 atom stereocenters. The zero-order valence-electron chi connectivity index (χ0n) is 13.2. The molecule has 1 heterocycles. The highest BCUT2D eigenvalue weighted by Crippen LogP contribution is 2.22. The largest absolute Gasteiger partial charge is 0.486 e. The Kier molecular flexibility index (Phi) is 5.30. The molecule has 0 aliphatic heterocycles. The van der Waals surface area contributed by atoms with Crippen LogP contribution < -0.4 is 4.74 Å². The maximum absolute atomic E-state index is 8.83. The number of ether oxygens (including phenoxy) is 1. The van der Waals surface area contributed by atoms with Gasteiger partial charge in [0.15, 0.2) is 11.0 Å². The smallest absolute Gasteiger partial charge is 0.196 e. The van der Waals surface area contributed by atoms with Crippen molar-refractivity contribution in [3.8, 4) is 23.6 Å². The van der Waals surface area contributed by atoms with Crippen LogP contribution in [0.2, 0.25) is 0 Å². The van der Waals surface area contributed by atoms with E-state index >= 15 is 0 Å². The van der Waals surface area contributed by atoms with Gasteiger partial charge in [0.25, 0.3) is 0 Å². The molecule has 25 heavy (non-hydrogen) atoms. The molecule has 7 heteroatoms. The lowest BCUT2D eigenvalue weighted by Gasteiger charge is -2.10. The van der Waals surface area contributed by atoms with Gasteiger partial charge in [-0.3, -0.25) is 4.57 Å². The van der Waals surface area contributed by atoms with Crippen LogP contribution in [-0.4, -0.2) is 20.5 Å². The molecule has 0 amide bonds. The summed E-state index contributed by atoms with van der Waals surface area (Å²) in [4.78, 5) is 0. The fraction of sp³-hybridized carbons (Fsp3) is 0.111. The van der Waals surface area contributed by atoms with Crippen molar-refractivity contribution in [2.75, 3.05) is 5.75 Å². The second-order valence-corrected chi connectivity index (χ2v) is 5.88. The molecular formula is C18H13N5OS. The van der Waals surface area contributed by atoms with Gasteiger partial charge in [-0.05, 0) is 36.4 Å². The summed E-state index contributed by atoms with van der Waals surface area (Å²) in [7, 11) is 0. The summed E-state index contributed by atoms with van der Waals surface area (Å²) in [6, 6.07) is 20.7. The molecule has 0 N–H and O–H groups in total. The van der Waals surface area contributed by atoms with Gasteiger partial charge in [0, 0.05) is 5.69 Å². The van der Waals surface area contributed by atoms with E-state index in [1.54, 1.807) is 24.3 Å². The first-order valence-corrected chi connectivity index (χ1v) is 8.43. The Bertz CT molecular complexity index is 923. The molecule has 122 valence electrons. The van der Waals surface area contributed by atoms with Gasteiger partial charge in [-0.2, -0.15) is 10.5 Å². The lowest BCUT2D eigenvalue weighted by atomic mass is 10.2. The van der Waals surface area contributed by atoms with Crippen molar-refractivity contribution >= 4 is 11.8 Å². The third kappa shape index (κ3) is 3.97. The van der Waals surface area contributed by atoms with Gasteiger partial charge in [-0.1, -0.05) is 30.0 Å². The zero-order chi connectivity index (χ0) is 17.5. The van der Waals surface area contributed by atoms with Gasteiger partial charge >= 0.3 is 0 Å². The van der Waals surface area contributed by atoms with Crippen molar-refractivity contribution in [2.45, 2.75) is 11.8 Å². The van der Waals surface area contributed by atoms with E-state index in [2.05, 4.69) is 22.3 Å². The molecule has 3 aromatic rings. The van der Waals surface area contributed by atoms with Crippen molar-refractivity contribution in [2.24, 2.45) is 0 Å². The minimum atomic E-state index is 0.223. The number of rotatable bonds is 6. The highest BCUT2D eigenvalue weighted by Gasteiger charge is 2.14. The molecule has 0 aliphatic rings. The van der Waals surface area contributed by atoms with Gasteiger partial charge in [-0.15, -0.1) is 10.2 Å². The van der Waals surface area contributed by atoms with Crippen LogP contribution in [0.4, 0.5) is 0 Å². The Hall–Kier alpha value is -3.29. The SMILES string of the molecule is N#CCSc1nnc(COc2ccc(C#N)cc2)n1-c1ccccc1. The number of benzene rings is 2. The summed E-state index contributed by atoms with van der Waals surface area (Å²) in [6.07, 6.45) is 0. The quantitative estimate of drug-likeness (QED) is 0.636. The first-order chi connectivity index (χ1) is 12.3. The lowest BCUT2D eigenvalue weighted by molar-refractivity contribution is 0.293. The Morgan fingerprint density at radius 2 is 1.76 bits per heavy atom. The maximum Gasteiger partial charge on any atom is 0.196 e. The molecule has 0 saturated heterocycles. The van der Waals surface area contributed by atoms with E-state index in [1.165, 1.54) is 11.8 Å². The average Bonchev–Trinajstić information content (AvgIpc) is 3.08. The zero-order valence-corrected chi connectivity index (χ0v) is 14.0. The number of aromatic nitrogens is 3. The monoisotopic (exact) mass is 347 g/mol. The van der Waals surface area contributed by atoms with E-state index in [-0.39, 0.29) is 6.61 Å². The van der Waals surface area contributed by atoms with Crippen LogP contribution in [0, 0.1) is 22.7 Å². The van der Waals surface area contributed by atoms with Crippen molar-refractivity contribution in [1.29, 1.82) is 10.5 Å². The molecule has 0 aliphatic carbocycles. The van der Waals surface area contributed by atoms with Gasteiger partial charge in [0.1, 0.15) is 12.4 Å². The number of nitrogens with zero attached hydrogens (tertiary/aromatic N) is 5. The number of thioether (sulfide) groups is 1. The van der Waals surface area contributed by atoms with Crippen molar-refractivity contribution in [1.82, 2.24) is 14.8 Å². The van der Waals surface area contributed by atoms with Crippen LogP contribution in [0.1, 0.15) is 11.4 Å². The first kappa shape index (κ1) is 16.6. The predicted molar refractivity (Wildman–Crippen MR) is 93.2 cm³/mol. The lowest BCUT2D eigenvalue weighted by Crippen LogP contribution is -2.06. The third-order valence-electron chi connectivity index (χ3n) is 3.33. The molecular weight excluding hydrogens is 334 g/mol. The Labute approximate surface area is 149 Å². The van der Waals surface area contributed by atoms with Gasteiger partial charge in [0.2, 0.25) is 0 Å². The normalized spacial score (nSPS) is 10.0. The minimum Gasteiger partial charge on any atom is -0.486 e. The van der Waals surface area contributed by atoms with Crippen LogP contribution >= 0.6 is 11.8 Å². The summed E-state index contributed by atoms with van der Waals surface area (Å²) in [5, 5.41) is 26.7. The minimum absolute atomic E-state index is 0.223. The summed E-state index contributed by atoms with van der Waals surface area (Å²) in [5.41, 5.74) is 1.49. The molecule has 0 unspecified atom stereocenters. The van der Waals surface area contributed by atoms with E-state index in [0.29, 0.717) is 28.0 Å². The predicted octanol–water partition coefficient (Wildman–Crippen LogP) is 3.33. The topological polar surface area (TPSA) is 87.5 Å². The summed E-state index contributed by atoms with van der Waals surface area (Å²) < 4.78 is 7.65. The molecule has 3 rings (SSSR count). The number of para-hydroxylation sites is 1. The molecule has 2 aromatic carbocycles. The third-order valence-corrected chi connectivity index (χ3v) is 4.13. The number of hydrogen-bond donors (Lipinski definition) is 0. The van der Waals surface area contributed by atoms with Crippen molar-refractivity contribution in [3.63, 3.8) is 0 Å². The van der Waals surface area contributed by atoms with Gasteiger partial charge in [-0.25, -0.2) is 0 Å². The van der Waals surface area contributed by atoms with Crippen LogP contribution in [0.15, 0.2) is 59.8 Å². The summed E-state index contributed by atoms with van der Waals surface area (Å²) in [6.45, 7) is 0.223. The molecule has 0 saturated carbocycles. The van der Waals surface area contributed by atoms with E-state index in [4.69, 9.17) is 15.3 Å². The Balaban J connectivity index is 1.84. The molecule has 0 spiro atoms. The highest BCUT2D eigenvalue weighted by atomic mass is 32.2. The number of hydrogen-bond acceptors (Lipinski definition) is 6. The highest BCUT2D eigenvalue weighted by molar-refractivity contribution is 7.99. The Morgan fingerprint density at radius 3 is 2.44 bits per heavy atom. The van der Waals surface area contributed by atoms with E-state index in [9.17, 15) is 0 Å². The Morgan fingerprint density at radius 1 is 1.00 bits per heavy atom. The standard InChI is InChI=1S/C18H13N5OS/c19-10-11-25-18-22-21-17(23(18)15-4-2-1-3-5-15)13-24-16-8-6-14(12-20)7-9-16/h1-9H,11,13H2. The van der Waals surface area contributed by atoms with Crippen LogP contribution in [0.5, 0.6) is 5.75 Å². The van der Waals surface area contributed by atoms with E-state index in [1.807, 2.05) is 34.9 Å². The summed E-state index contributed by atoms with van der Waals surface area (Å²) in [5.74, 6) is 1.57. The molecule has 1 aromatic heterocycles. The molecule has 0 fully saturated rings. The van der Waals surface area contributed by atoms with E-state index < -0.39 is 0 Å². The van der Waals surface area contributed by atoms with Crippen molar-refractivity contribution in [3.05, 3.63) is 66.0 Å². The maximum atomic E-state index is 8.83. The second kappa shape index (κ2) is 8.00. The van der Waals surface area contributed by atoms with E-state index in [0.717, 1.165) is 5.69 Å². The van der Waals surface area contributed by atoms with Crippen LogP contribution in [-0.2, 0) is 6.61 Å². The number of nitriles is 2. The summed E-state index contributed by atoms with van der Waals surface area (Å²) >= 11 is 1.33. The first-order valence-electron chi connectivity index (χ1n) is 7.44. The average molecular weight is 347 g/mol. The van der Waals surface area contributed by atoms with Gasteiger partial charge in [0.05, 0.1) is 23.5 Å². The van der Waals surface area contributed by atoms with Crippen LogP contribution in [0.3, 0.4) is 0 Å². The second-order valence-electron chi connectivity index (χ2n) is 4.94. The van der Waals surface area contributed by atoms with Crippen LogP contribution in [0.25, 0.3) is 5.69 Å². The van der Waals surface area contributed by atoms with Gasteiger partial charge < -0.3 is 4.74 Å². The molecule has 6 nitrogen and oxygen atoms in total.